The van der Waals surface area contributed by atoms with Crippen molar-refractivity contribution in [1.29, 1.82) is 0 Å². The summed E-state index contributed by atoms with van der Waals surface area (Å²) in [7, 11) is 0. The van der Waals surface area contributed by atoms with Crippen LogP contribution in [-0.2, 0) is 9.59 Å². The van der Waals surface area contributed by atoms with E-state index < -0.39 is 5.92 Å². The number of benzene rings is 2. The molecule has 3 aromatic rings. The number of hydrogen-bond donors (Lipinski definition) is 3. The average molecular weight is 371 g/mol. The third kappa shape index (κ3) is 2.86. The number of halogens is 1. The van der Waals surface area contributed by atoms with Crippen LogP contribution in [0.3, 0.4) is 0 Å². The molecule has 1 fully saturated rings. The number of fused-ring (bicyclic) bond motifs is 1. The Labute approximate surface area is 153 Å². The fourth-order valence-electron chi connectivity index (χ4n) is 3.09. The van der Waals surface area contributed by atoms with E-state index in [1.165, 1.54) is 23.1 Å². The number of phenols is 1. The van der Waals surface area contributed by atoms with Crippen molar-refractivity contribution in [1.82, 2.24) is 10.2 Å². The van der Waals surface area contributed by atoms with Crippen LogP contribution in [0.1, 0.15) is 6.42 Å². The Morgan fingerprint density at radius 3 is 2.96 bits per heavy atom. The lowest BCUT2D eigenvalue weighted by Gasteiger charge is -2.14. The van der Waals surface area contributed by atoms with E-state index in [9.17, 15) is 14.7 Å². The van der Waals surface area contributed by atoms with Gasteiger partial charge in [-0.1, -0.05) is 23.7 Å². The average Bonchev–Trinajstić information content (AvgIpc) is 3.21. The maximum absolute atomic E-state index is 12.5. The molecule has 1 saturated heterocycles. The van der Waals surface area contributed by atoms with Crippen LogP contribution in [0.5, 0.6) is 5.75 Å². The van der Waals surface area contributed by atoms with E-state index in [1.807, 2.05) is 24.3 Å². The largest absolute Gasteiger partial charge is 0.506 e. The summed E-state index contributed by atoms with van der Waals surface area (Å²) in [6.07, 6.45) is 0.0777. The molecule has 0 radical (unpaired) electrons. The molecule has 4 rings (SSSR count). The Kier molecular flexibility index (Phi) is 4.00. The van der Waals surface area contributed by atoms with E-state index in [4.69, 9.17) is 11.6 Å². The lowest BCUT2D eigenvalue weighted by molar-refractivity contribution is -0.122. The maximum atomic E-state index is 12.5. The smallest absolute Gasteiger partial charge is 0.229 e. The van der Waals surface area contributed by atoms with E-state index in [0.29, 0.717) is 10.8 Å². The zero-order valence-corrected chi connectivity index (χ0v) is 14.3. The lowest BCUT2D eigenvalue weighted by Crippen LogP contribution is -2.28. The van der Waals surface area contributed by atoms with Gasteiger partial charge in [-0.15, -0.1) is 0 Å². The molecule has 0 bridgehead atoms. The molecule has 26 heavy (non-hydrogen) atoms. The summed E-state index contributed by atoms with van der Waals surface area (Å²) in [5.74, 6) is -0.624. The number of carbonyl (C=O) groups excluding carboxylic acids is 2. The number of aromatic amines is 1. The van der Waals surface area contributed by atoms with Gasteiger partial charge in [-0.25, -0.2) is 0 Å². The lowest BCUT2D eigenvalue weighted by atomic mass is 10.1. The predicted molar refractivity (Wildman–Crippen MR) is 98.3 cm³/mol. The molecule has 1 atom stereocenters. The molecule has 3 N–H and O–H groups in total. The van der Waals surface area contributed by atoms with Gasteiger partial charge in [-0.3, -0.25) is 19.6 Å². The minimum Gasteiger partial charge on any atom is -0.506 e. The summed E-state index contributed by atoms with van der Waals surface area (Å²) in [5.41, 5.74) is 1.05. The molecule has 1 unspecified atom stereocenters. The van der Waals surface area contributed by atoms with Gasteiger partial charge in [0.1, 0.15) is 5.75 Å². The minimum atomic E-state index is -0.545. The second kappa shape index (κ2) is 6.34. The van der Waals surface area contributed by atoms with Crippen LogP contribution < -0.4 is 10.2 Å². The molecule has 0 spiro atoms. The zero-order chi connectivity index (χ0) is 18.3. The van der Waals surface area contributed by atoms with Gasteiger partial charge in [0.05, 0.1) is 17.1 Å². The minimum absolute atomic E-state index is 0.0777. The van der Waals surface area contributed by atoms with E-state index >= 15 is 0 Å². The molecule has 0 saturated carbocycles. The van der Waals surface area contributed by atoms with E-state index in [2.05, 4.69) is 15.5 Å². The van der Waals surface area contributed by atoms with Crippen LogP contribution in [0.25, 0.3) is 10.9 Å². The van der Waals surface area contributed by atoms with Crippen molar-refractivity contribution in [3.8, 4) is 5.75 Å². The van der Waals surface area contributed by atoms with Crippen molar-refractivity contribution in [2.24, 2.45) is 5.92 Å². The summed E-state index contributed by atoms with van der Waals surface area (Å²) >= 11 is 5.89. The Bertz CT molecular complexity index is 1020. The molecular formula is C18H15ClN4O3. The van der Waals surface area contributed by atoms with Gasteiger partial charge in [0.15, 0.2) is 5.82 Å². The standard InChI is InChI=1S/C18H15ClN4O3/c19-11-5-6-15(24)14(8-11)20-18(26)10-7-16(25)23(9-10)17-12-3-1-2-4-13(12)21-22-17/h1-6,8,10,24H,7,9H2,(H,20,26)(H,21,22). The number of nitrogens with zero attached hydrogens (tertiary/aromatic N) is 2. The van der Waals surface area contributed by atoms with Crippen molar-refractivity contribution in [2.75, 3.05) is 16.8 Å². The predicted octanol–water partition coefficient (Wildman–Crippen LogP) is 2.91. The first kappa shape index (κ1) is 16.4. The number of aromatic hydroxyl groups is 1. The van der Waals surface area contributed by atoms with Crippen LogP contribution >= 0.6 is 11.6 Å². The van der Waals surface area contributed by atoms with Gasteiger partial charge in [0, 0.05) is 23.4 Å². The van der Waals surface area contributed by atoms with Gasteiger partial charge < -0.3 is 10.4 Å². The monoisotopic (exact) mass is 370 g/mol. The van der Waals surface area contributed by atoms with Gasteiger partial charge in [0.2, 0.25) is 11.8 Å². The first-order valence-corrected chi connectivity index (χ1v) is 8.43. The highest BCUT2D eigenvalue weighted by molar-refractivity contribution is 6.31. The van der Waals surface area contributed by atoms with Crippen molar-refractivity contribution in [3.05, 3.63) is 47.5 Å². The fraction of sp³-hybridized carbons (Fsp3) is 0.167. The highest BCUT2D eigenvalue weighted by atomic mass is 35.5. The molecule has 1 aliphatic rings. The van der Waals surface area contributed by atoms with Crippen LogP contribution in [0.4, 0.5) is 11.5 Å². The highest BCUT2D eigenvalue weighted by Crippen LogP contribution is 2.31. The van der Waals surface area contributed by atoms with Crippen LogP contribution in [0, 0.1) is 5.92 Å². The molecule has 2 amide bonds. The number of phenolic OH excluding ortho intramolecular Hbond substituents is 1. The summed E-state index contributed by atoms with van der Waals surface area (Å²) in [6, 6.07) is 11.9. The van der Waals surface area contributed by atoms with Crippen LogP contribution in [0.15, 0.2) is 42.5 Å². The van der Waals surface area contributed by atoms with Crippen molar-refractivity contribution in [3.63, 3.8) is 0 Å². The molecule has 2 aromatic carbocycles. The van der Waals surface area contributed by atoms with Gasteiger partial charge in [0.25, 0.3) is 0 Å². The maximum Gasteiger partial charge on any atom is 0.229 e. The van der Waals surface area contributed by atoms with Gasteiger partial charge in [-0.05, 0) is 30.3 Å². The Hall–Kier alpha value is -3.06. The first-order chi connectivity index (χ1) is 12.5. The number of hydrogen-bond acceptors (Lipinski definition) is 4. The molecule has 1 aliphatic heterocycles. The number of nitrogens with one attached hydrogen (secondary N) is 2. The quantitative estimate of drug-likeness (QED) is 0.617. The molecule has 8 heteroatoms. The summed E-state index contributed by atoms with van der Waals surface area (Å²) in [4.78, 5) is 26.5. The second-order valence-corrected chi connectivity index (χ2v) is 6.59. The van der Waals surface area contributed by atoms with E-state index in [1.54, 1.807) is 0 Å². The Morgan fingerprint density at radius 1 is 1.31 bits per heavy atom. The number of para-hydroxylation sites is 1. The number of amides is 2. The van der Waals surface area contributed by atoms with Gasteiger partial charge >= 0.3 is 0 Å². The third-order valence-corrected chi connectivity index (χ3v) is 4.65. The highest BCUT2D eigenvalue weighted by Gasteiger charge is 2.37. The zero-order valence-electron chi connectivity index (χ0n) is 13.6. The summed E-state index contributed by atoms with van der Waals surface area (Å²) < 4.78 is 0. The normalized spacial score (nSPS) is 17.0. The number of rotatable bonds is 3. The molecule has 132 valence electrons. The third-order valence-electron chi connectivity index (χ3n) is 4.42. The van der Waals surface area contributed by atoms with Crippen LogP contribution in [0.2, 0.25) is 5.02 Å². The van der Waals surface area contributed by atoms with Crippen molar-refractivity contribution < 1.29 is 14.7 Å². The Morgan fingerprint density at radius 2 is 2.12 bits per heavy atom. The molecule has 0 aliphatic carbocycles. The number of anilines is 2. The molecule has 7 nitrogen and oxygen atoms in total. The van der Waals surface area contributed by atoms with E-state index in [-0.39, 0.29) is 36.2 Å². The topological polar surface area (TPSA) is 98.3 Å². The number of H-pyrrole nitrogens is 1. The molecular weight excluding hydrogens is 356 g/mol. The number of carbonyl (C=O) groups is 2. The van der Waals surface area contributed by atoms with Crippen molar-refractivity contribution in [2.45, 2.75) is 6.42 Å². The van der Waals surface area contributed by atoms with Crippen molar-refractivity contribution >= 4 is 45.8 Å². The number of aromatic nitrogens is 2. The first-order valence-electron chi connectivity index (χ1n) is 8.06. The Balaban J connectivity index is 1.54. The second-order valence-electron chi connectivity index (χ2n) is 6.15. The summed E-state index contributed by atoms with van der Waals surface area (Å²) in [5, 5.41) is 20.8. The van der Waals surface area contributed by atoms with Crippen LogP contribution in [-0.4, -0.2) is 33.7 Å². The molecule has 1 aromatic heterocycles. The van der Waals surface area contributed by atoms with E-state index in [0.717, 1.165) is 10.9 Å². The fourth-order valence-corrected chi connectivity index (χ4v) is 3.26. The molecule has 2 heterocycles. The summed E-state index contributed by atoms with van der Waals surface area (Å²) in [6.45, 7) is 0.223. The van der Waals surface area contributed by atoms with Gasteiger partial charge in [-0.2, -0.15) is 5.10 Å². The SMILES string of the molecule is O=C(Nc1cc(Cl)ccc1O)C1CC(=O)N(c2n[nH]c3ccccc23)C1.